The number of benzene rings is 1. The van der Waals surface area contributed by atoms with Gasteiger partial charge < -0.3 is 5.11 Å². The van der Waals surface area contributed by atoms with Crippen LogP contribution in [0.2, 0.25) is 0 Å². The molecular weight excluding hydrogens is 290 g/mol. The van der Waals surface area contributed by atoms with E-state index < -0.39 is 16.0 Å². The maximum atomic E-state index is 12.4. The van der Waals surface area contributed by atoms with Gasteiger partial charge in [-0.1, -0.05) is 26.8 Å². The molecule has 0 bridgehead atoms. The molecule has 0 aliphatic heterocycles. The van der Waals surface area contributed by atoms with E-state index >= 15 is 0 Å². The fraction of sp³-hybridized carbons (Fsp3) is 0.533. The second-order valence-electron chi connectivity index (χ2n) is 5.81. The number of rotatable bonds is 6. The summed E-state index contributed by atoms with van der Waals surface area (Å²) in [7, 11) is -3.71. The lowest BCUT2D eigenvalue weighted by Gasteiger charge is -2.17. The van der Waals surface area contributed by atoms with Crippen LogP contribution >= 0.6 is 0 Å². The third-order valence-electron chi connectivity index (χ3n) is 3.78. The number of sulfonamides is 1. The van der Waals surface area contributed by atoms with E-state index in [1.54, 1.807) is 19.9 Å². The lowest BCUT2D eigenvalue weighted by Crippen LogP contribution is -2.31. The summed E-state index contributed by atoms with van der Waals surface area (Å²) in [5.41, 5.74) is 1.11. The van der Waals surface area contributed by atoms with Crippen LogP contribution in [-0.2, 0) is 10.0 Å². The fourth-order valence-electron chi connectivity index (χ4n) is 1.91. The van der Waals surface area contributed by atoms with Crippen molar-refractivity contribution in [3.05, 3.63) is 28.8 Å². The molecule has 1 atom stereocenters. The highest BCUT2D eigenvalue weighted by molar-refractivity contribution is 7.89. The summed E-state index contributed by atoms with van der Waals surface area (Å²) in [5, 5.41) is 9.12. The molecule has 0 saturated carbocycles. The number of carbonyl (C=O) groups is 1. The summed E-state index contributed by atoms with van der Waals surface area (Å²) in [5.74, 6) is -0.564. The van der Waals surface area contributed by atoms with Gasteiger partial charge in [0.05, 0.1) is 10.5 Å². The Bertz CT molecular complexity index is 635. The molecule has 1 rings (SSSR count). The van der Waals surface area contributed by atoms with E-state index in [0.29, 0.717) is 23.6 Å². The summed E-state index contributed by atoms with van der Waals surface area (Å²) >= 11 is 0. The Morgan fingerprint density at radius 3 is 2.24 bits per heavy atom. The highest BCUT2D eigenvalue weighted by Crippen LogP contribution is 2.21. The zero-order valence-electron chi connectivity index (χ0n) is 13.1. The van der Waals surface area contributed by atoms with Gasteiger partial charge in [-0.2, -0.15) is 0 Å². The van der Waals surface area contributed by atoms with Crippen molar-refractivity contribution in [2.45, 2.75) is 39.5 Å². The monoisotopic (exact) mass is 313 g/mol. The number of nitrogens with one attached hydrogen (secondary N) is 1. The van der Waals surface area contributed by atoms with Crippen molar-refractivity contribution in [3.63, 3.8) is 0 Å². The molecule has 2 N–H and O–H groups in total. The van der Waals surface area contributed by atoms with Gasteiger partial charge in [-0.3, -0.25) is 0 Å². The standard InChI is InChI=1S/C15H23NO4S/c1-9(2)12(5)8-16-21(19,20)14-7-13(15(17)18)10(3)6-11(14)4/h6-7,9,12,16H,8H2,1-5H3,(H,17,18). The Morgan fingerprint density at radius 2 is 1.76 bits per heavy atom. The molecule has 6 heteroatoms. The Balaban J connectivity index is 3.14. The Kier molecular flexibility index (Phi) is 5.53. The minimum Gasteiger partial charge on any atom is -0.478 e. The molecule has 0 heterocycles. The van der Waals surface area contributed by atoms with Gasteiger partial charge in [-0.15, -0.1) is 0 Å². The maximum absolute atomic E-state index is 12.4. The minimum atomic E-state index is -3.71. The zero-order chi connectivity index (χ0) is 16.4. The first-order valence-corrected chi connectivity index (χ1v) is 8.38. The van der Waals surface area contributed by atoms with Crippen molar-refractivity contribution in [2.75, 3.05) is 6.54 Å². The molecule has 0 aliphatic rings. The Labute approximate surface area is 126 Å². The molecule has 1 aromatic carbocycles. The van der Waals surface area contributed by atoms with Crippen LogP contribution in [0.3, 0.4) is 0 Å². The highest BCUT2D eigenvalue weighted by atomic mass is 32.2. The molecule has 0 radical (unpaired) electrons. The Morgan fingerprint density at radius 1 is 1.19 bits per heavy atom. The van der Waals surface area contributed by atoms with Crippen molar-refractivity contribution < 1.29 is 18.3 Å². The number of carboxylic acids is 1. The van der Waals surface area contributed by atoms with Gasteiger partial charge in [0.25, 0.3) is 0 Å². The van der Waals surface area contributed by atoms with Gasteiger partial charge in [-0.05, 0) is 42.9 Å². The van der Waals surface area contributed by atoms with Gasteiger partial charge in [0.1, 0.15) is 0 Å². The molecule has 1 aromatic rings. The summed E-state index contributed by atoms with van der Waals surface area (Å²) in [6.07, 6.45) is 0. The molecule has 21 heavy (non-hydrogen) atoms. The molecule has 0 saturated heterocycles. The molecule has 0 aromatic heterocycles. The smallest absolute Gasteiger partial charge is 0.335 e. The molecule has 1 unspecified atom stereocenters. The van der Waals surface area contributed by atoms with Crippen LogP contribution in [0.15, 0.2) is 17.0 Å². The number of aryl methyl sites for hydroxylation is 2. The topological polar surface area (TPSA) is 83.5 Å². The average Bonchev–Trinajstić information content (AvgIpc) is 2.34. The van der Waals surface area contributed by atoms with Crippen molar-refractivity contribution in [3.8, 4) is 0 Å². The second kappa shape index (κ2) is 6.58. The van der Waals surface area contributed by atoms with Gasteiger partial charge in [0.2, 0.25) is 10.0 Å². The van der Waals surface area contributed by atoms with Crippen molar-refractivity contribution in [1.82, 2.24) is 4.72 Å². The van der Waals surface area contributed by atoms with Crippen LogP contribution in [0.5, 0.6) is 0 Å². The van der Waals surface area contributed by atoms with Crippen LogP contribution < -0.4 is 4.72 Å². The number of hydrogen-bond donors (Lipinski definition) is 2. The van der Waals surface area contributed by atoms with Crippen LogP contribution in [0, 0.1) is 25.7 Å². The maximum Gasteiger partial charge on any atom is 0.335 e. The fourth-order valence-corrected chi connectivity index (χ4v) is 3.30. The lowest BCUT2D eigenvalue weighted by molar-refractivity contribution is 0.0696. The van der Waals surface area contributed by atoms with Gasteiger partial charge in [-0.25, -0.2) is 17.9 Å². The van der Waals surface area contributed by atoms with Crippen LogP contribution in [-0.4, -0.2) is 26.0 Å². The molecule has 0 aliphatic carbocycles. The van der Waals surface area contributed by atoms with Crippen molar-refractivity contribution in [2.24, 2.45) is 11.8 Å². The Hall–Kier alpha value is -1.40. The van der Waals surface area contributed by atoms with Crippen molar-refractivity contribution in [1.29, 1.82) is 0 Å². The van der Waals surface area contributed by atoms with E-state index in [1.165, 1.54) is 6.07 Å². The van der Waals surface area contributed by atoms with Gasteiger partial charge in [0.15, 0.2) is 0 Å². The van der Waals surface area contributed by atoms with Crippen LogP contribution in [0.25, 0.3) is 0 Å². The molecule has 5 nitrogen and oxygen atoms in total. The molecule has 118 valence electrons. The van der Waals surface area contributed by atoms with E-state index in [4.69, 9.17) is 5.11 Å². The van der Waals surface area contributed by atoms with Gasteiger partial charge in [0, 0.05) is 6.54 Å². The van der Waals surface area contributed by atoms with Crippen LogP contribution in [0.1, 0.15) is 42.3 Å². The SMILES string of the molecule is Cc1cc(C)c(S(=O)(=O)NCC(C)C(C)C)cc1C(=O)O. The lowest BCUT2D eigenvalue weighted by atomic mass is 9.99. The van der Waals surface area contributed by atoms with Crippen molar-refractivity contribution >= 4 is 16.0 Å². The number of carboxylic acid groups (broad SMARTS) is 1. The summed E-state index contributed by atoms with van der Waals surface area (Å²) in [4.78, 5) is 11.2. The second-order valence-corrected chi connectivity index (χ2v) is 7.55. The first-order chi connectivity index (χ1) is 9.56. The molecule has 0 fully saturated rings. The predicted molar refractivity (Wildman–Crippen MR) is 82.1 cm³/mol. The van der Waals surface area contributed by atoms with E-state index in [1.807, 2.05) is 20.8 Å². The highest BCUT2D eigenvalue weighted by Gasteiger charge is 2.21. The summed E-state index contributed by atoms with van der Waals surface area (Å²) in [6, 6.07) is 2.82. The number of hydrogen-bond acceptors (Lipinski definition) is 3. The molecular formula is C15H23NO4S. The van der Waals surface area contributed by atoms with E-state index in [2.05, 4.69) is 4.72 Å². The quantitative estimate of drug-likeness (QED) is 0.845. The third kappa shape index (κ3) is 4.28. The summed E-state index contributed by atoms with van der Waals surface area (Å²) in [6.45, 7) is 9.67. The minimum absolute atomic E-state index is 0.0119. The normalized spacial score (nSPS) is 13.4. The molecule has 0 amide bonds. The predicted octanol–water partition coefficient (Wildman–Crippen LogP) is 2.57. The van der Waals surface area contributed by atoms with Crippen LogP contribution in [0.4, 0.5) is 0 Å². The number of aromatic carboxylic acids is 1. The first-order valence-electron chi connectivity index (χ1n) is 6.90. The average molecular weight is 313 g/mol. The largest absolute Gasteiger partial charge is 0.478 e. The van der Waals surface area contributed by atoms with E-state index in [0.717, 1.165) is 0 Å². The molecule has 0 spiro atoms. The first kappa shape index (κ1) is 17.7. The zero-order valence-corrected chi connectivity index (χ0v) is 13.9. The van der Waals surface area contributed by atoms with E-state index in [9.17, 15) is 13.2 Å². The summed E-state index contributed by atoms with van der Waals surface area (Å²) < 4.78 is 27.3. The van der Waals surface area contributed by atoms with Gasteiger partial charge >= 0.3 is 5.97 Å². The van der Waals surface area contributed by atoms with E-state index in [-0.39, 0.29) is 16.4 Å². The third-order valence-corrected chi connectivity index (χ3v) is 5.34.